The quantitative estimate of drug-likeness (QED) is 0.507. The summed E-state index contributed by atoms with van der Waals surface area (Å²) in [5, 5.41) is 0. The van der Waals surface area contributed by atoms with E-state index in [9.17, 15) is 0 Å². The van der Waals surface area contributed by atoms with Gasteiger partial charge >= 0.3 is 0 Å². The highest BCUT2D eigenvalue weighted by atomic mass is 16.7. The third kappa shape index (κ3) is 5.08. The van der Waals surface area contributed by atoms with E-state index < -0.39 is 5.79 Å². The zero-order valence-electron chi connectivity index (χ0n) is 14.2. The van der Waals surface area contributed by atoms with E-state index in [1.54, 1.807) is 0 Å². The lowest BCUT2D eigenvalue weighted by Crippen LogP contribution is -2.39. The summed E-state index contributed by atoms with van der Waals surface area (Å²) < 4.78 is 18.1. The normalized spacial score (nSPS) is 16.7. The van der Waals surface area contributed by atoms with Gasteiger partial charge in [0.05, 0.1) is 13.2 Å². The molecule has 0 aliphatic heterocycles. The van der Waals surface area contributed by atoms with Crippen LogP contribution >= 0.6 is 0 Å². The molecule has 24 heavy (non-hydrogen) atoms. The molecule has 1 saturated carbocycles. The van der Waals surface area contributed by atoms with Gasteiger partial charge in [0, 0.05) is 12.8 Å². The van der Waals surface area contributed by atoms with Crippen molar-refractivity contribution in [2.24, 2.45) is 0 Å². The Morgan fingerprint density at radius 2 is 1.38 bits per heavy atom. The Labute approximate surface area is 144 Å². The molecule has 1 aliphatic carbocycles. The minimum absolute atomic E-state index is 0.450. The van der Waals surface area contributed by atoms with Gasteiger partial charge in [0.25, 0.3) is 0 Å². The topological polar surface area (TPSA) is 27.7 Å². The Hall–Kier alpha value is -1.84. The van der Waals surface area contributed by atoms with Crippen LogP contribution in [0.15, 0.2) is 60.7 Å². The van der Waals surface area contributed by atoms with Crippen LogP contribution in [-0.2, 0) is 16.1 Å². The summed E-state index contributed by atoms with van der Waals surface area (Å²) in [7, 11) is 0. The van der Waals surface area contributed by atoms with Crippen LogP contribution in [0.1, 0.15) is 37.7 Å². The first-order valence-corrected chi connectivity index (χ1v) is 8.86. The van der Waals surface area contributed by atoms with Gasteiger partial charge in [-0.1, -0.05) is 55.0 Å². The van der Waals surface area contributed by atoms with Crippen molar-refractivity contribution in [3.63, 3.8) is 0 Å². The molecule has 3 nitrogen and oxygen atoms in total. The molecule has 0 bridgehead atoms. The standard InChI is InChI=1S/C21H26O3/c1-4-10-19(11-5-1)18-24-21(14-8-3-9-15-21)23-17-16-22-20-12-6-2-7-13-20/h1-2,4-7,10-13H,3,8-9,14-18H2. The summed E-state index contributed by atoms with van der Waals surface area (Å²) in [6.45, 7) is 1.69. The van der Waals surface area contributed by atoms with Crippen molar-refractivity contribution in [2.75, 3.05) is 13.2 Å². The van der Waals surface area contributed by atoms with E-state index in [1.165, 1.54) is 12.0 Å². The van der Waals surface area contributed by atoms with Crippen molar-refractivity contribution < 1.29 is 14.2 Å². The smallest absolute Gasteiger partial charge is 0.168 e. The van der Waals surface area contributed by atoms with Crippen molar-refractivity contribution >= 4 is 0 Å². The van der Waals surface area contributed by atoms with Crippen molar-refractivity contribution in [3.8, 4) is 5.75 Å². The number of hydrogen-bond acceptors (Lipinski definition) is 3. The molecule has 0 heterocycles. The Morgan fingerprint density at radius 3 is 2.08 bits per heavy atom. The van der Waals surface area contributed by atoms with Crippen molar-refractivity contribution in [2.45, 2.75) is 44.5 Å². The number of para-hydroxylation sites is 1. The van der Waals surface area contributed by atoms with Crippen molar-refractivity contribution in [1.82, 2.24) is 0 Å². The molecule has 1 fully saturated rings. The van der Waals surface area contributed by atoms with Gasteiger partial charge in [-0.25, -0.2) is 0 Å². The van der Waals surface area contributed by atoms with Gasteiger partial charge in [0.15, 0.2) is 5.79 Å². The molecular weight excluding hydrogens is 300 g/mol. The third-order valence-electron chi connectivity index (χ3n) is 4.42. The summed E-state index contributed by atoms with van der Waals surface area (Å²) in [6.07, 6.45) is 5.51. The van der Waals surface area contributed by atoms with Gasteiger partial charge in [-0.05, 0) is 30.5 Å². The average molecular weight is 326 g/mol. The molecule has 0 N–H and O–H groups in total. The van der Waals surface area contributed by atoms with Crippen LogP contribution in [0.4, 0.5) is 0 Å². The highest BCUT2D eigenvalue weighted by Gasteiger charge is 2.34. The number of benzene rings is 2. The minimum atomic E-state index is -0.450. The van der Waals surface area contributed by atoms with Crippen LogP contribution < -0.4 is 4.74 Å². The summed E-state index contributed by atoms with van der Waals surface area (Å²) in [5.41, 5.74) is 1.19. The first kappa shape index (κ1) is 17.0. The first-order valence-electron chi connectivity index (χ1n) is 8.86. The molecule has 3 rings (SSSR count). The molecular formula is C21H26O3. The van der Waals surface area contributed by atoms with E-state index in [0.717, 1.165) is 31.4 Å². The molecule has 0 amide bonds. The SMILES string of the molecule is c1ccc(COC2(OCCOc3ccccc3)CCCCC2)cc1. The van der Waals surface area contributed by atoms with E-state index in [1.807, 2.05) is 48.5 Å². The highest BCUT2D eigenvalue weighted by molar-refractivity contribution is 5.20. The Bertz CT molecular complexity index is 577. The zero-order chi connectivity index (χ0) is 16.5. The van der Waals surface area contributed by atoms with E-state index in [4.69, 9.17) is 14.2 Å². The molecule has 0 saturated heterocycles. The van der Waals surface area contributed by atoms with E-state index in [-0.39, 0.29) is 0 Å². The minimum Gasteiger partial charge on any atom is -0.491 e. The lowest BCUT2D eigenvalue weighted by molar-refractivity contribution is -0.260. The van der Waals surface area contributed by atoms with Gasteiger partial charge in [-0.3, -0.25) is 0 Å². The van der Waals surface area contributed by atoms with Gasteiger partial charge in [0.2, 0.25) is 0 Å². The predicted octanol–water partition coefficient (Wildman–Crippen LogP) is 4.96. The lowest BCUT2D eigenvalue weighted by Gasteiger charge is -2.37. The number of rotatable bonds is 8. The molecule has 2 aromatic carbocycles. The highest BCUT2D eigenvalue weighted by Crippen LogP contribution is 2.33. The maximum atomic E-state index is 6.23. The van der Waals surface area contributed by atoms with Crippen LogP contribution in [0.2, 0.25) is 0 Å². The maximum Gasteiger partial charge on any atom is 0.168 e. The van der Waals surface area contributed by atoms with Gasteiger partial charge in [-0.2, -0.15) is 0 Å². The Kier molecular flexibility index (Phi) is 6.27. The summed E-state index contributed by atoms with van der Waals surface area (Å²) in [5.74, 6) is 0.428. The zero-order valence-corrected chi connectivity index (χ0v) is 14.2. The Balaban J connectivity index is 1.49. The Morgan fingerprint density at radius 1 is 0.708 bits per heavy atom. The molecule has 0 aromatic heterocycles. The molecule has 128 valence electrons. The van der Waals surface area contributed by atoms with Crippen molar-refractivity contribution in [1.29, 1.82) is 0 Å². The molecule has 2 aromatic rings. The second kappa shape index (κ2) is 8.86. The van der Waals surface area contributed by atoms with E-state index in [2.05, 4.69) is 12.1 Å². The molecule has 3 heteroatoms. The second-order valence-corrected chi connectivity index (χ2v) is 6.26. The van der Waals surface area contributed by atoms with Crippen LogP contribution in [0.5, 0.6) is 5.75 Å². The predicted molar refractivity (Wildman–Crippen MR) is 94.9 cm³/mol. The molecule has 0 radical (unpaired) electrons. The third-order valence-corrected chi connectivity index (χ3v) is 4.42. The molecule has 0 unspecified atom stereocenters. The monoisotopic (exact) mass is 326 g/mol. The van der Waals surface area contributed by atoms with Crippen LogP contribution in [0.25, 0.3) is 0 Å². The maximum absolute atomic E-state index is 6.23. The van der Waals surface area contributed by atoms with Crippen LogP contribution in [0, 0.1) is 0 Å². The van der Waals surface area contributed by atoms with E-state index in [0.29, 0.717) is 19.8 Å². The molecule has 0 atom stereocenters. The fourth-order valence-corrected chi connectivity index (χ4v) is 3.11. The summed E-state index contributed by atoms with van der Waals surface area (Å²) in [6, 6.07) is 20.1. The fourth-order valence-electron chi connectivity index (χ4n) is 3.11. The second-order valence-electron chi connectivity index (χ2n) is 6.26. The van der Waals surface area contributed by atoms with Gasteiger partial charge < -0.3 is 14.2 Å². The van der Waals surface area contributed by atoms with Gasteiger partial charge in [0.1, 0.15) is 12.4 Å². The number of hydrogen-bond donors (Lipinski definition) is 0. The van der Waals surface area contributed by atoms with Gasteiger partial charge in [-0.15, -0.1) is 0 Å². The van der Waals surface area contributed by atoms with Crippen LogP contribution in [0.3, 0.4) is 0 Å². The van der Waals surface area contributed by atoms with Crippen molar-refractivity contribution in [3.05, 3.63) is 66.2 Å². The molecule has 1 aliphatic rings. The fraction of sp³-hybridized carbons (Fsp3) is 0.429. The summed E-state index contributed by atoms with van der Waals surface area (Å²) >= 11 is 0. The van der Waals surface area contributed by atoms with Crippen LogP contribution in [-0.4, -0.2) is 19.0 Å². The lowest BCUT2D eigenvalue weighted by atomic mass is 9.94. The number of ether oxygens (including phenoxy) is 3. The first-order chi connectivity index (χ1) is 11.9. The average Bonchev–Trinajstić information content (AvgIpc) is 2.66. The summed E-state index contributed by atoms with van der Waals surface area (Å²) in [4.78, 5) is 0. The largest absolute Gasteiger partial charge is 0.491 e. The van der Waals surface area contributed by atoms with E-state index >= 15 is 0 Å². The molecule has 0 spiro atoms.